The number of aryl methyl sites for hydroxylation is 1. The molecule has 0 saturated carbocycles. The Morgan fingerprint density at radius 2 is 2.00 bits per heavy atom. The molecule has 0 radical (unpaired) electrons. The van der Waals surface area contributed by atoms with Gasteiger partial charge in [-0.25, -0.2) is 14.4 Å². The zero-order chi connectivity index (χ0) is 22.0. The van der Waals surface area contributed by atoms with Crippen LogP contribution >= 0.6 is 0 Å². The van der Waals surface area contributed by atoms with Gasteiger partial charge in [-0.1, -0.05) is 0 Å². The van der Waals surface area contributed by atoms with Gasteiger partial charge >= 0.3 is 0 Å². The number of halogens is 1. The SMILES string of the molecule is COc1cc(/N=c2\ccc3ncc(-c4cnn(C)c4)nc3n2CCN)c(F)c(OC)c1. The molecule has 4 rings (SSSR count). The van der Waals surface area contributed by atoms with Crippen LogP contribution in [0.15, 0.2) is 47.8 Å². The quantitative estimate of drug-likeness (QED) is 0.510. The van der Waals surface area contributed by atoms with Gasteiger partial charge in [-0.2, -0.15) is 5.10 Å². The van der Waals surface area contributed by atoms with E-state index in [1.807, 2.05) is 17.8 Å². The average molecular weight is 423 g/mol. The summed E-state index contributed by atoms with van der Waals surface area (Å²) in [6, 6.07) is 6.51. The molecule has 3 aromatic heterocycles. The van der Waals surface area contributed by atoms with Crippen molar-refractivity contribution in [2.24, 2.45) is 17.8 Å². The minimum Gasteiger partial charge on any atom is -0.497 e. The van der Waals surface area contributed by atoms with E-state index in [4.69, 9.17) is 20.2 Å². The predicted molar refractivity (Wildman–Crippen MR) is 114 cm³/mol. The van der Waals surface area contributed by atoms with Gasteiger partial charge in [0.25, 0.3) is 0 Å². The maximum absolute atomic E-state index is 14.8. The normalized spacial score (nSPS) is 11.8. The molecule has 0 unspecified atom stereocenters. The molecule has 2 N–H and O–H groups in total. The van der Waals surface area contributed by atoms with Gasteiger partial charge in [-0.05, 0) is 12.1 Å². The van der Waals surface area contributed by atoms with Crippen molar-refractivity contribution >= 4 is 16.9 Å². The first kappa shape index (κ1) is 20.5. The smallest absolute Gasteiger partial charge is 0.190 e. The third kappa shape index (κ3) is 3.97. The Morgan fingerprint density at radius 3 is 2.68 bits per heavy atom. The van der Waals surface area contributed by atoms with E-state index in [0.717, 1.165) is 5.56 Å². The molecule has 0 atom stereocenters. The number of nitrogens with two attached hydrogens (primary N) is 1. The summed E-state index contributed by atoms with van der Waals surface area (Å²) in [5.74, 6) is -0.109. The molecule has 3 heterocycles. The van der Waals surface area contributed by atoms with Crippen LogP contribution < -0.4 is 20.7 Å². The summed E-state index contributed by atoms with van der Waals surface area (Å²) >= 11 is 0. The summed E-state index contributed by atoms with van der Waals surface area (Å²) in [5, 5.41) is 4.19. The molecule has 160 valence electrons. The van der Waals surface area contributed by atoms with Gasteiger partial charge in [0, 0.05) is 44.0 Å². The summed E-state index contributed by atoms with van der Waals surface area (Å²) in [6.07, 6.45) is 5.26. The lowest BCUT2D eigenvalue weighted by atomic mass is 10.2. The zero-order valence-corrected chi connectivity index (χ0v) is 17.4. The fourth-order valence-electron chi connectivity index (χ4n) is 3.23. The number of hydrogen-bond donors (Lipinski definition) is 1. The first-order valence-electron chi connectivity index (χ1n) is 9.56. The number of nitrogens with zero attached hydrogens (tertiary/aromatic N) is 6. The topological polar surface area (TPSA) is 105 Å². The lowest BCUT2D eigenvalue weighted by Crippen LogP contribution is -2.25. The van der Waals surface area contributed by atoms with Gasteiger partial charge in [0.2, 0.25) is 0 Å². The van der Waals surface area contributed by atoms with Crippen LogP contribution in [0.5, 0.6) is 11.5 Å². The van der Waals surface area contributed by atoms with Crippen molar-refractivity contribution in [2.45, 2.75) is 6.54 Å². The highest BCUT2D eigenvalue weighted by molar-refractivity contribution is 5.73. The Morgan fingerprint density at radius 1 is 1.16 bits per heavy atom. The van der Waals surface area contributed by atoms with E-state index in [0.29, 0.717) is 41.2 Å². The molecule has 31 heavy (non-hydrogen) atoms. The fraction of sp³-hybridized carbons (Fsp3) is 0.238. The van der Waals surface area contributed by atoms with Crippen LogP contribution in [-0.2, 0) is 13.6 Å². The summed E-state index contributed by atoms with van der Waals surface area (Å²) < 4.78 is 28.7. The summed E-state index contributed by atoms with van der Waals surface area (Å²) in [6.45, 7) is 0.763. The Bertz CT molecular complexity index is 1310. The molecule has 0 bridgehead atoms. The molecule has 1 aromatic carbocycles. The number of hydrogen-bond acceptors (Lipinski definition) is 7. The van der Waals surface area contributed by atoms with Crippen molar-refractivity contribution in [3.63, 3.8) is 0 Å². The molecule has 0 spiro atoms. The van der Waals surface area contributed by atoms with Crippen molar-refractivity contribution in [1.29, 1.82) is 0 Å². The molecule has 9 nitrogen and oxygen atoms in total. The highest BCUT2D eigenvalue weighted by Crippen LogP contribution is 2.32. The van der Waals surface area contributed by atoms with Crippen molar-refractivity contribution in [2.75, 3.05) is 20.8 Å². The first-order chi connectivity index (χ1) is 15.0. The van der Waals surface area contributed by atoms with E-state index in [1.54, 1.807) is 29.2 Å². The Kier molecular flexibility index (Phi) is 5.63. The van der Waals surface area contributed by atoms with Crippen molar-refractivity contribution in [3.05, 3.63) is 54.2 Å². The number of rotatable bonds is 6. The Hall–Kier alpha value is -3.79. The summed E-state index contributed by atoms with van der Waals surface area (Å²) in [5.41, 5.74) is 9.16. The Balaban J connectivity index is 1.95. The second-order valence-electron chi connectivity index (χ2n) is 6.77. The second kappa shape index (κ2) is 8.52. The molecular weight excluding hydrogens is 401 g/mol. The van der Waals surface area contributed by atoms with Gasteiger partial charge in [-0.15, -0.1) is 0 Å². The first-order valence-corrected chi connectivity index (χ1v) is 9.56. The van der Waals surface area contributed by atoms with Crippen LogP contribution in [0.4, 0.5) is 10.1 Å². The van der Waals surface area contributed by atoms with Crippen LogP contribution in [0.1, 0.15) is 0 Å². The second-order valence-corrected chi connectivity index (χ2v) is 6.77. The lowest BCUT2D eigenvalue weighted by molar-refractivity contribution is 0.374. The Labute approximate surface area is 177 Å². The third-order valence-electron chi connectivity index (χ3n) is 4.74. The standard InChI is InChI=1S/C21H22FN7O2/c1-28-12-13(10-25-28)17-11-24-15-4-5-19(29(7-6-23)21(15)27-17)26-16-8-14(30-2)9-18(31-3)20(16)22/h4-5,8-12H,6-7,23H2,1-3H3/b26-19+. The minimum absolute atomic E-state index is 0.0444. The third-order valence-corrected chi connectivity index (χ3v) is 4.74. The van der Waals surface area contributed by atoms with Crippen LogP contribution in [0.25, 0.3) is 22.4 Å². The van der Waals surface area contributed by atoms with E-state index < -0.39 is 5.82 Å². The predicted octanol–water partition coefficient (Wildman–Crippen LogP) is 2.18. The lowest BCUT2D eigenvalue weighted by Gasteiger charge is -2.12. The number of pyridine rings is 1. The van der Waals surface area contributed by atoms with E-state index >= 15 is 0 Å². The molecule has 0 amide bonds. The maximum atomic E-state index is 14.8. The highest BCUT2D eigenvalue weighted by atomic mass is 19.1. The number of aromatic nitrogens is 5. The molecule has 0 aliphatic carbocycles. The number of methoxy groups -OCH3 is 2. The van der Waals surface area contributed by atoms with Gasteiger partial charge in [0.1, 0.15) is 22.4 Å². The van der Waals surface area contributed by atoms with E-state index in [9.17, 15) is 4.39 Å². The summed E-state index contributed by atoms with van der Waals surface area (Å²) in [7, 11) is 4.72. The van der Waals surface area contributed by atoms with E-state index in [2.05, 4.69) is 15.1 Å². The van der Waals surface area contributed by atoms with E-state index in [-0.39, 0.29) is 11.4 Å². The highest BCUT2D eigenvalue weighted by Gasteiger charge is 2.13. The number of ether oxygens (including phenoxy) is 2. The molecule has 0 saturated heterocycles. The van der Waals surface area contributed by atoms with Crippen molar-refractivity contribution < 1.29 is 13.9 Å². The van der Waals surface area contributed by atoms with Gasteiger partial charge in [0.05, 0.1) is 32.3 Å². The van der Waals surface area contributed by atoms with E-state index in [1.165, 1.54) is 26.4 Å². The van der Waals surface area contributed by atoms with Gasteiger partial charge in [0.15, 0.2) is 17.2 Å². The zero-order valence-electron chi connectivity index (χ0n) is 17.4. The van der Waals surface area contributed by atoms with Crippen molar-refractivity contribution in [1.82, 2.24) is 24.3 Å². The molecule has 0 fully saturated rings. The number of fused-ring (bicyclic) bond motifs is 1. The fourth-order valence-corrected chi connectivity index (χ4v) is 3.23. The molecule has 0 aliphatic rings. The summed E-state index contributed by atoms with van der Waals surface area (Å²) in [4.78, 5) is 13.8. The minimum atomic E-state index is -0.585. The molecule has 10 heteroatoms. The van der Waals surface area contributed by atoms with Crippen molar-refractivity contribution in [3.8, 4) is 22.8 Å². The molecule has 4 aromatic rings. The number of benzene rings is 1. The van der Waals surface area contributed by atoms with Crippen LogP contribution in [0, 0.1) is 5.82 Å². The van der Waals surface area contributed by atoms with Gasteiger partial charge in [-0.3, -0.25) is 9.67 Å². The molecular formula is C21H22FN7O2. The van der Waals surface area contributed by atoms with Crippen LogP contribution in [0.2, 0.25) is 0 Å². The largest absolute Gasteiger partial charge is 0.497 e. The maximum Gasteiger partial charge on any atom is 0.190 e. The van der Waals surface area contributed by atoms with Crippen LogP contribution in [0.3, 0.4) is 0 Å². The van der Waals surface area contributed by atoms with Crippen LogP contribution in [-0.4, -0.2) is 45.1 Å². The monoisotopic (exact) mass is 423 g/mol. The van der Waals surface area contributed by atoms with Gasteiger partial charge < -0.3 is 19.8 Å². The average Bonchev–Trinajstić information content (AvgIpc) is 3.22. The molecule has 0 aliphatic heterocycles.